The van der Waals surface area contributed by atoms with E-state index < -0.39 is 10.8 Å². The van der Waals surface area contributed by atoms with Gasteiger partial charge in [-0.2, -0.15) is 0 Å². The van der Waals surface area contributed by atoms with Gasteiger partial charge in [0.2, 0.25) is 0 Å². The van der Waals surface area contributed by atoms with Crippen LogP contribution in [0.3, 0.4) is 0 Å². The number of thiazole rings is 1. The van der Waals surface area contributed by atoms with Crippen molar-refractivity contribution in [3.05, 3.63) is 73.6 Å². The first-order chi connectivity index (χ1) is 12.0. The molecule has 1 aromatic heterocycles. The highest BCUT2D eigenvalue weighted by atomic mass is 35.5. The molecule has 0 bridgehead atoms. The van der Waals surface area contributed by atoms with Crippen molar-refractivity contribution in [2.45, 2.75) is 0 Å². The number of anilines is 1. The fourth-order valence-electron chi connectivity index (χ4n) is 2.14. The average molecular weight is 394 g/mol. The van der Waals surface area contributed by atoms with Gasteiger partial charge in [-0.15, -0.1) is 11.3 Å². The summed E-state index contributed by atoms with van der Waals surface area (Å²) in [5, 5.41) is 16.4. The van der Waals surface area contributed by atoms with Crippen LogP contribution < -0.4 is 5.32 Å². The van der Waals surface area contributed by atoms with E-state index in [9.17, 15) is 14.9 Å². The van der Waals surface area contributed by atoms with Gasteiger partial charge in [0.15, 0.2) is 5.13 Å². The first-order valence-electron chi connectivity index (χ1n) is 6.91. The molecule has 0 fully saturated rings. The van der Waals surface area contributed by atoms with E-state index in [1.807, 2.05) is 12.1 Å². The molecule has 0 saturated heterocycles. The Kier molecular flexibility index (Phi) is 4.98. The number of hydrogen-bond acceptors (Lipinski definition) is 5. The summed E-state index contributed by atoms with van der Waals surface area (Å²) < 4.78 is 0. The topological polar surface area (TPSA) is 85.1 Å². The van der Waals surface area contributed by atoms with E-state index in [0.29, 0.717) is 15.8 Å². The number of nitro groups is 1. The average Bonchev–Trinajstić information content (AvgIpc) is 3.03. The Bertz CT molecular complexity index is 975. The number of nitrogens with one attached hydrogen (secondary N) is 1. The van der Waals surface area contributed by atoms with Crippen molar-refractivity contribution in [2.75, 3.05) is 5.32 Å². The molecule has 0 saturated carbocycles. The molecule has 0 aliphatic rings. The Hall–Kier alpha value is -2.48. The molecule has 0 spiro atoms. The van der Waals surface area contributed by atoms with Crippen LogP contribution in [0.4, 0.5) is 10.8 Å². The molecule has 0 atom stereocenters. The Morgan fingerprint density at radius 3 is 2.68 bits per heavy atom. The molecular weight excluding hydrogens is 385 g/mol. The normalized spacial score (nSPS) is 10.5. The monoisotopic (exact) mass is 393 g/mol. The van der Waals surface area contributed by atoms with E-state index in [2.05, 4.69) is 10.3 Å². The summed E-state index contributed by atoms with van der Waals surface area (Å²) in [5.74, 6) is -0.658. The third kappa shape index (κ3) is 3.79. The molecule has 0 radical (unpaired) electrons. The van der Waals surface area contributed by atoms with E-state index in [1.165, 1.54) is 29.5 Å². The predicted molar refractivity (Wildman–Crippen MR) is 98.6 cm³/mol. The highest BCUT2D eigenvalue weighted by Gasteiger charge is 2.21. The molecule has 0 aliphatic carbocycles. The van der Waals surface area contributed by atoms with E-state index >= 15 is 0 Å². The molecule has 1 amide bonds. The number of benzene rings is 2. The van der Waals surface area contributed by atoms with Crippen LogP contribution in [0.5, 0.6) is 0 Å². The van der Waals surface area contributed by atoms with Gasteiger partial charge in [-0.1, -0.05) is 41.4 Å². The molecule has 6 nitrogen and oxygen atoms in total. The summed E-state index contributed by atoms with van der Waals surface area (Å²) in [7, 11) is 0. The number of halogens is 2. The molecule has 1 heterocycles. The first-order valence-corrected chi connectivity index (χ1v) is 8.55. The van der Waals surface area contributed by atoms with Crippen LogP contribution >= 0.6 is 34.5 Å². The number of aromatic nitrogens is 1. The van der Waals surface area contributed by atoms with E-state index in [0.717, 1.165) is 5.56 Å². The zero-order valence-corrected chi connectivity index (χ0v) is 14.7. The van der Waals surface area contributed by atoms with E-state index in [-0.39, 0.29) is 16.3 Å². The number of amides is 1. The summed E-state index contributed by atoms with van der Waals surface area (Å²) in [6.45, 7) is 0. The maximum atomic E-state index is 12.4. The van der Waals surface area contributed by atoms with Crippen molar-refractivity contribution in [2.24, 2.45) is 0 Å². The molecule has 9 heteroatoms. The standard InChI is InChI=1S/C16H9Cl2N3O3S/c17-9-5-6-14(21(23)24)11(7-9)15(22)20-16-19-13(8-25-16)10-3-1-2-4-12(10)18/h1-8H,(H,19,20,22). The number of carbonyl (C=O) groups excluding carboxylic acids is 1. The van der Waals surface area contributed by atoms with E-state index in [4.69, 9.17) is 23.2 Å². The van der Waals surface area contributed by atoms with Gasteiger partial charge in [-0.25, -0.2) is 4.98 Å². The molecule has 1 N–H and O–H groups in total. The van der Waals surface area contributed by atoms with Crippen LogP contribution in [-0.4, -0.2) is 15.8 Å². The lowest BCUT2D eigenvalue weighted by Crippen LogP contribution is -2.13. The fraction of sp³-hybridized carbons (Fsp3) is 0. The SMILES string of the molecule is O=C(Nc1nc(-c2ccccc2Cl)cs1)c1cc(Cl)ccc1[N+](=O)[O-]. The number of carbonyl (C=O) groups is 1. The summed E-state index contributed by atoms with van der Waals surface area (Å²) in [5.41, 5.74) is 0.873. The van der Waals surface area contributed by atoms with Crippen molar-refractivity contribution in [1.29, 1.82) is 0 Å². The number of hydrogen-bond donors (Lipinski definition) is 1. The van der Waals surface area contributed by atoms with Crippen molar-refractivity contribution in [1.82, 2.24) is 4.98 Å². The molecule has 25 heavy (non-hydrogen) atoms. The molecule has 126 valence electrons. The quantitative estimate of drug-likeness (QED) is 0.482. The number of nitrogens with zero attached hydrogens (tertiary/aromatic N) is 2. The van der Waals surface area contributed by atoms with Gasteiger partial charge >= 0.3 is 0 Å². The Morgan fingerprint density at radius 2 is 1.96 bits per heavy atom. The van der Waals surface area contributed by atoms with Crippen LogP contribution in [0, 0.1) is 10.1 Å². The second-order valence-corrected chi connectivity index (χ2v) is 6.59. The lowest BCUT2D eigenvalue weighted by molar-refractivity contribution is -0.385. The van der Waals surface area contributed by atoms with Gasteiger partial charge in [-0.05, 0) is 18.2 Å². The Morgan fingerprint density at radius 1 is 1.20 bits per heavy atom. The Balaban J connectivity index is 1.87. The number of rotatable bonds is 4. The van der Waals surface area contributed by atoms with Gasteiger partial charge < -0.3 is 0 Å². The van der Waals surface area contributed by atoms with Gasteiger partial charge in [0.25, 0.3) is 11.6 Å². The van der Waals surface area contributed by atoms with Gasteiger partial charge in [0.1, 0.15) is 5.56 Å². The van der Waals surface area contributed by atoms with Crippen molar-refractivity contribution >= 4 is 51.3 Å². The molecule has 0 unspecified atom stereocenters. The summed E-state index contributed by atoms with van der Waals surface area (Å²) >= 11 is 13.2. The second kappa shape index (κ2) is 7.18. The van der Waals surface area contributed by atoms with Crippen LogP contribution in [0.25, 0.3) is 11.3 Å². The zero-order valence-electron chi connectivity index (χ0n) is 12.4. The van der Waals surface area contributed by atoms with Crippen LogP contribution in [0.2, 0.25) is 10.0 Å². The van der Waals surface area contributed by atoms with Gasteiger partial charge in [0, 0.05) is 27.1 Å². The summed E-state index contributed by atoms with van der Waals surface area (Å²) in [6.07, 6.45) is 0. The maximum absolute atomic E-state index is 12.4. The molecule has 3 aromatic rings. The van der Waals surface area contributed by atoms with Crippen LogP contribution in [0.1, 0.15) is 10.4 Å². The highest BCUT2D eigenvalue weighted by molar-refractivity contribution is 7.14. The molecule has 0 aliphatic heterocycles. The molecule has 3 rings (SSSR count). The minimum absolute atomic E-state index is 0.132. The summed E-state index contributed by atoms with van der Waals surface area (Å²) in [4.78, 5) is 27.1. The first kappa shape index (κ1) is 17.3. The molecule has 2 aromatic carbocycles. The predicted octanol–water partition coefficient (Wildman–Crippen LogP) is 5.28. The van der Waals surface area contributed by atoms with Crippen LogP contribution in [0.15, 0.2) is 47.8 Å². The van der Waals surface area contributed by atoms with Crippen molar-refractivity contribution in [3.63, 3.8) is 0 Å². The summed E-state index contributed by atoms with van der Waals surface area (Å²) in [6, 6.07) is 11.0. The lowest BCUT2D eigenvalue weighted by Gasteiger charge is -2.04. The largest absolute Gasteiger partial charge is 0.298 e. The Labute approximate surface area is 156 Å². The van der Waals surface area contributed by atoms with Gasteiger partial charge in [0.05, 0.1) is 10.6 Å². The lowest BCUT2D eigenvalue weighted by atomic mass is 10.1. The van der Waals surface area contributed by atoms with Crippen molar-refractivity contribution < 1.29 is 9.72 Å². The minimum atomic E-state index is -0.658. The number of nitro benzene ring substituents is 1. The maximum Gasteiger partial charge on any atom is 0.282 e. The van der Waals surface area contributed by atoms with Gasteiger partial charge in [-0.3, -0.25) is 20.2 Å². The fourth-order valence-corrected chi connectivity index (χ4v) is 3.25. The third-order valence-corrected chi connectivity index (χ3v) is 4.60. The smallest absolute Gasteiger partial charge is 0.282 e. The van der Waals surface area contributed by atoms with E-state index in [1.54, 1.807) is 17.5 Å². The van der Waals surface area contributed by atoms with Crippen molar-refractivity contribution in [3.8, 4) is 11.3 Å². The molecular formula is C16H9Cl2N3O3S. The van der Waals surface area contributed by atoms with Crippen LogP contribution in [-0.2, 0) is 0 Å². The zero-order chi connectivity index (χ0) is 18.0. The third-order valence-electron chi connectivity index (χ3n) is 3.27. The minimum Gasteiger partial charge on any atom is -0.298 e. The highest BCUT2D eigenvalue weighted by Crippen LogP contribution is 2.31. The second-order valence-electron chi connectivity index (χ2n) is 4.89.